The lowest BCUT2D eigenvalue weighted by Gasteiger charge is -2.15. The second-order valence-corrected chi connectivity index (χ2v) is 16.0. The first-order valence-electron chi connectivity index (χ1n) is 11.6. The molecular weight excluding hydrogens is 484 g/mol. The zero-order chi connectivity index (χ0) is 25.3. The van der Waals surface area contributed by atoms with E-state index in [0.717, 1.165) is 16.9 Å². The summed E-state index contributed by atoms with van der Waals surface area (Å²) in [4.78, 5) is 22.5. The number of aromatic nitrogens is 5. The van der Waals surface area contributed by atoms with E-state index in [1.54, 1.807) is 28.6 Å². The molecule has 1 amide bonds. The summed E-state index contributed by atoms with van der Waals surface area (Å²) in [7, 11) is 0.624. The number of amides is 1. The number of fused-ring (bicyclic) bond motifs is 2. The van der Waals surface area contributed by atoms with Gasteiger partial charge in [0, 0.05) is 44.4 Å². The zero-order valence-electron chi connectivity index (χ0n) is 20.7. The molecule has 0 radical (unpaired) electrons. The van der Waals surface area contributed by atoms with Gasteiger partial charge in [0.05, 0.1) is 23.9 Å². The highest BCUT2D eigenvalue weighted by Gasteiger charge is 2.22. The van der Waals surface area contributed by atoms with Crippen LogP contribution in [0.4, 0.5) is 0 Å². The van der Waals surface area contributed by atoms with E-state index in [1.165, 1.54) is 0 Å². The summed E-state index contributed by atoms with van der Waals surface area (Å²) < 4.78 is 9.46. The van der Waals surface area contributed by atoms with Crippen molar-refractivity contribution in [2.24, 2.45) is 7.05 Å². The third kappa shape index (κ3) is 5.56. The molecule has 1 atom stereocenters. The number of nitrogens with one attached hydrogen (secondary N) is 1. The van der Waals surface area contributed by atoms with Crippen molar-refractivity contribution in [3.63, 3.8) is 0 Å². The fourth-order valence-electron chi connectivity index (χ4n) is 3.74. The average Bonchev–Trinajstić information content (AvgIpc) is 3.33. The van der Waals surface area contributed by atoms with E-state index in [1.807, 2.05) is 25.2 Å². The highest BCUT2D eigenvalue weighted by molar-refractivity contribution is 6.76. The fourth-order valence-corrected chi connectivity index (χ4v) is 4.66. The van der Waals surface area contributed by atoms with Gasteiger partial charge in [-0.15, -0.1) is 0 Å². The van der Waals surface area contributed by atoms with Gasteiger partial charge in [0.25, 0.3) is 5.91 Å². The SMILES string of the molecule is C[C@H](CO)NC(=O)c1cn(COCC[Si](C)(C)C)c2ncc(-c3nn(C)c4cc(Cl)ccc34)nc12. The van der Waals surface area contributed by atoms with Crippen molar-refractivity contribution in [1.29, 1.82) is 0 Å². The Labute approximate surface area is 210 Å². The van der Waals surface area contributed by atoms with Gasteiger partial charge in [-0.1, -0.05) is 31.2 Å². The highest BCUT2D eigenvalue weighted by Crippen LogP contribution is 2.30. The van der Waals surface area contributed by atoms with Gasteiger partial charge >= 0.3 is 0 Å². The monoisotopic (exact) mass is 514 g/mol. The van der Waals surface area contributed by atoms with Crippen molar-refractivity contribution in [1.82, 2.24) is 29.6 Å². The van der Waals surface area contributed by atoms with E-state index >= 15 is 0 Å². The van der Waals surface area contributed by atoms with Gasteiger partial charge in [0.2, 0.25) is 0 Å². The first-order valence-corrected chi connectivity index (χ1v) is 15.6. The van der Waals surface area contributed by atoms with Crippen LogP contribution in [0.2, 0.25) is 30.7 Å². The van der Waals surface area contributed by atoms with E-state index < -0.39 is 14.1 Å². The van der Waals surface area contributed by atoms with Crippen LogP contribution < -0.4 is 5.32 Å². The number of carbonyl (C=O) groups excluding carboxylic acids is 1. The van der Waals surface area contributed by atoms with E-state index in [0.29, 0.717) is 39.7 Å². The summed E-state index contributed by atoms with van der Waals surface area (Å²) in [6, 6.07) is 6.21. The first-order chi connectivity index (χ1) is 16.6. The zero-order valence-corrected chi connectivity index (χ0v) is 22.4. The normalized spacial score (nSPS) is 13.0. The number of halogens is 1. The second-order valence-electron chi connectivity index (χ2n) is 9.98. The molecule has 186 valence electrons. The Bertz CT molecular complexity index is 1380. The Morgan fingerprint density at radius 1 is 1.31 bits per heavy atom. The Balaban J connectivity index is 1.75. The smallest absolute Gasteiger partial charge is 0.255 e. The summed E-state index contributed by atoms with van der Waals surface area (Å²) in [5, 5.41) is 18.3. The Kier molecular flexibility index (Phi) is 7.27. The van der Waals surface area contributed by atoms with Crippen LogP contribution in [0.25, 0.3) is 33.5 Å². The molecule has 0 saturated heterocycles. The van der Waals surface area contributed by atoms with E-state index in [9.17, 15) is 9.90 Å². The summed E-state index contributed by atoms with van der Waals surface area (Å²) in [5.41, 5.74) is 3.44. The molecular formula is C24H31ClN6O3Si. The largest absolute Gasteiger partial charge is 0.394 e. The molecule has 11 heteroatoms. The fraction of sp³-hybridized carbons (Fsp3) is 0.417. The number of hydrogen-bond acceptors (Lipinski definition) is 6. The van der Waals surface area contributed by atoms with Crippen LogP contribution in [0, 0.1) is 0 Å². The molecule has 0 aliphatic heterocycles. The summed E-state index contributed by atoms with van der Waals surface area (Å²) >= 11 is 6.17. The van der Waals surface area contributed by atoms with Crippen molar-refractivity contribution in [2.75, 3.05) is 13.2 Å². The first kappa shape index (κ1) is 25.3. The van der Waals surface area contributed by atoms with Crippen molar-refractivity contribution >= 4 is 47.6 Å². The van der Waals surface area contributed by atoms with Crippen molar-refractivity contribution in [2.45, 2.75) is 45.4 Å². The molecule has 4 aromatic rings. The minimum Gasteiger partial charge on any atom is -0.394 e. The summed E-state index contributed by atoms with van der Waals surface area (Å²) in [6.45, 7) is 9.38. The topological polar surface area (TPSA) is 107 Å². The van der Waals surface area contributed by atoms with Crippen molar-refractivity contribution in [3.8, 4) is 11.4 Å². The molecule has 0 aliphatic rings. The average molecular weight is 515 g/mol. The van der Waals surface area contributed by atoms with Crippen LogP contribution in [0.1, 0.15) is 17.3 Å². The third-order valence-corrected chi connectivity index (χ3v) is 7.68. The number of aliphatic hydroxyl groups excluding tert-OH is 1. The molecule has 0 spiro atoms. The highest BCUT2D eigenvalue weighted by atomic mass is 35.5. The van der Waals surface area contributed by atoms with Crippen molar-refractivity contribution in [3.05, 3.63) is 41.2 Å². The standard InChI is InChI=1S/C24H31ClN6O3Si/c1-15(13-32)27-24(33)18-12-31(14-34-8-9-35(3,4)5)23-22(18)28-19(11-26-23)21-17-7-6-16(25)10-20(17)30(2)29-21/h6-7,10-12,15,32H,8-9,13-14H2,1-5H3,(H,27,33)/t15-/m1/s1. The molecule has 35 heavy (non-hydrogen) atoms. The van der Waals surface area contributed by atoms with E-state index in [4.69, 9.17) is 21.3 Å². The summed E-state index contributed by atoms with van der Waals surface area (Å²) in [5.74, 6) is -0.332. The predicted molar refractivity (Wildman–Crippen MR) is 140 cm³/mol. The Morgan fingerprint density at radius 2 is 2.09 bits per heavy atom. The van der Waals surface area contributed by atoms with Gasteiger partial charge in [-0.2, -0.15) is 5.10 Å². The molecule has 3 aromatic heterocycles. The van der Waals surface area contributed by atoms with Crippen molar-refractivity contribution < 1.29 is 14.6 Å². The minimum absolute atomic E-state index is 0.163. The van der Waals surface area contributed by atoms with Crippen LogP contribution in [0.15, 0.2) is 30.6 Å². The molecule has 2 N–H and O–H groups in total. The van der Waals surface area contributed by atoms with Gasteiger partial charge in [-0.05, 0) is 31.2 Å². The molecule has 4 rings (SSSR count). The maximum Gasteiger partial charge on any atom is 0.255 e. The molecule has 0 unspecified atom stereocenters. The van der Waals surface area contributed by atoms with Gasteiger partial charge in [-0.25, -0.2) is 9.97 Å². The van der Waals surface area contributed by atoms with Crippen LogP contribution in [-0.4, -0.2) is 62.7 Å². The quantitative estimate of drug-likeness (QED) is 0.257. The lowest BCUT2D eigenvalue weighted by Crippen LogP contribution is -2.34. The lowest BCUT2D eigenvalue weighted by molar-refractivity contribution is 0.0886. The molecule has 9 nitrogen and oxygen atoms in total. The van der Waals surface area contributed by atoms with Gasteiger partial charge in [0.15, 0.2) is 5.65 Å². The molecule has 0 bridgehead atoms. The predicted octanol–water partition coefficient (Wildman–Crippen LogP) is 4.06. The number of rotatable bonds is 9. The van der Waals surface area contributed by atoms with Gasteiger partial charge in [-0.3, -0.25) is 9.48 Å². The van der Waals surface area contributed by atoms with Crippen LogP contribution in [-0.2, 0) is 18.5 Å². The summed E-state index contributed by atoms with van der Waals surface area (Å²) in [6.07, 6.45) is 3.37. The van der Waals surface area contributed by atoms with E-state index in [2.05, 4.69) is 35.0 Å². The Hall–Kier alpha value is -2.79. The number of hydrogen-bond donors (Lipinski definition) is 2. The number of aryl methyl sites for hydroxylation is 1. The van der Waals surface area contributed by atoms with Crippen LogP contribution in [0.3, 0.4) is 0 Å². The molecule has 1 aromatic carbocycles. The van der Waals surface area contributed by atoms with E-state index in [-0.39, 0.29) is 19.2 Å². The van der Waals surface area contributed by atoms with Crippen LogP contribution in [0.5, 0.6) is 0 Å². The second kappa shape index (κ2) is 10.1. The number of benzene rings is 1. The minimum atomic E-state index is -1.22. The van der Waals surface area contributed by atoms with Crippen LogP contribution >= 0.6 is 11.6 Å². The number of ether oxygens (including phenoxy) is 1. The molecule has 3 heterocycles. The maximum atomic E-state index is 13.0. The molecule has 0 saturated carbocycles. The number of carbonyl (C=O) groups is 1. The van der Waals surface area contributed by atoms with Gasteiger partial charge < -0.3 is 19.7 Å². The molecule has 0 fully saturated rings. The number of nitrogens with zero attached hydrogens (tertiary/aromatic N) is 5. The third-order valence-electron chi connectivity index (χ3n) is 5.74. The van der Waals surface area contributed by atoms with Gasteiger partial charge in [0.1, 0.15) is 23.6 Å². The number of aliphatic hydroxyl groups is 1. The maximum absolute atomic E-state index is 13.0. The lowest BCUT2D eigenvalue weighted by atomic mass is 10.1. The molecule has 0 aliphatic carbocycles. The Morgan fingerprint density at radius 3 is 2.80 bits per heavy atom.